The Labute approximate surface area is 186 Å². The fraction of sp³-hybridized carbons (Fsp3) is 0.680. The molecule has 6 nitrogen and oxygen atoms in total. The minimum Gasteiger partial charge on any atom is -0.384 e. The molecule has 6 heteroatoms. The van der Waals surface area contributed by atoms with Gasteiger partial charge in [0.15, 0.2) is 0 Å². The normalized spacial score (nSPS) is 24.4. The van der Waals surface area contributed by atoms with E-state index in [4.69, 9.17) is 5.73 Å². The van der Waals surface area contributed by atoms with E-state index in [9.17, 15) is 14.7 Å². The van der Waals surface area contributed by atoms with Crippen LogP contribution in [0.15, 0.2) is 24.3 Å². The first-order chi connectivity index (χ1) is 14.8. The zero-order valence-electron chi connectivity index (χ0n) is 19.3. The summed E-state index contributed by atoms with van der Waals surface area (Å²) in [5.74, 6) is 0.399. The first kappa shape index (κ1) is 23.7. The Morgan fingerprint density at radius 2 is 1.84 bits per heavy atom. The molecule has 2 heterocycles. The van der Waals surface area contributed by atoms with Crippen molar-refractivity contribution in [2.45, 2.75) is 83.4 Å². The molecule has 172 valence electrons. The van der Waals surface area contributed by atoms with Gasteiger partial charge in [0.1, 0.15) is 6.10 Å². The van der Waals surface area contributed by atoms with Gasteiger partial charge in [0.25, 0.3) is 5.91 Å². The Bertz CT molecular complexity index is 748. The summed E-state index contributed by atoms with van der Waals surface area (Å²) < 4.78 is 0. The fourth-order valence-corrected chi connectivity index (χ4v) is 5.51. The van der Waals surface area contributed by atoms with Crippen LogP contribution in [0, 0.1) is 5.92 Å². The molecule has 1 aromatic rings. The third-order valence-electron chi connectivity index (χ3n) is 7.46. The fourth-order valence-electron chi connectivity index (χ4n) is 5.51. The molecule has 0 spiro atoms. The van der Waals surface area contributed by atoms with Gasteiger partial charge >= 0.3 is 0 Å². The molecule has 2 aliphatic rings. The van der Waals surface area contributed by atoms with Gasteiger partial charge in [-0.05, 0) is 62.1 Å². The van der Waals surface area contributed by atoms with E-state index in [0.29, 0.717) is 36.0 Å². The van der Waals surface area contributed by atoms with Gasteiger partial charge in [0, 0.05) is 37.3 Å². The molecule has 2 aliphatic heterocycles. The van der Waals surface area contributed by atoms with Crippen molar-refractivity contribution in [3.63, 3.8) is 0 Å². The number of carbonyl (C=O) groups is 2. The number of nitrogens with two attached hydrogens (primary N) is 1. The Kier molecular flexibility index (Phi) is 8.11. The van der Waals surface area contributed by atoms with E-state index >= 15 is 0 Å². The summed E-state index contributed by atoms with van der Waals surface area (Å²) in [6.07, 6.45) is 5.67. The number of aliphatic hydroxyl groups is 1. The summed E-state index contributed by atoms with van der Waals surface area (Å²) >= 11 is 0. The highest BCUT2D eigenvalue weighted by Gasteiger charge is 2.41. The Hall–Kier alpha value is -1.92. The number of rotatable bonds is 10. The second kappa shape index (κ2) is 10.6. The summed E-state index contributed by atoms with van der Waals surface area (Å²) in [6.45, 7) is 8.16. The van der Waals surface area contributed by atoms with Gasteiger partial charge in [-0.2, -0.15) is 0 Å². The number of hydrogen-bond acceptors (Lipinski definition) is 4. The van der Waals surface area contributed by atoms with Crippen LogP contribution in [-0.2, 0) is 4.79 Å². The third-order valence-corrected chi connectivity index (χ3v) is 7.46. The Morgan fingerprint density at radius 1 is 1.19 bits per heavy atom. The van der Waals surface area contributed by atoms with Crippen molar-refractivity contribution in [2.75, 3.05) is 19.6 Å². The smallest absolute Gasteiger partial charge is 0.251 e. The molecule has 3 rings (SSSR count). The average Bonchev–Trinajstić information content (AvgIpc) is 3.00. The van der Waals surface area contributed by atoms with Crippen LogP contribution in [0.5, 0.6) is 0 Å². The molecule has 2 bridgehead atoms. The monoisotopic (exact) mass is 429 g/mol. The third kappa shape index (κ3) is 5.66. The second-order valence-corrected chi connectivity index (χ2v) is 9.42. The average molecular weight is 430 g/mol. The zero-order chi connectivity index (χ0) is 22.5. The van der Waals surface area contributed by atoms with Crippen molar-refractivity contribution in [1.29, 1.82) is 0 Å². The molecule has 0 aliphatic carbocycles. The molecular formula is C25H39N3O3. The second-order valence-electron chi connectivity index (χ2n) is 9.42. The molecule has 1 aromatic carbocycles. The van der Waals surface area contributed by atoms with Gasteiger partial charge in [-0.1, -0.05) is 38.8 Å². The SMILES string of the molecule is CCC(CC)CN(CCN1[C@@H]2CC[C@H]1CC(c1cccc(C(N)=O)c1)C2)C(=O)[C@H](C)O. The predicted molar refractivity (Wildman–Crippen MR) is 123 cm³/mol. The van der Waals surface area contributed by atoms with Crippen molar-refractivity contribution in [1.82, 2.24) is 9.80 Å². The Morgan fingerprint density at radius 3 is 2.39 bits per heavy atom. The number of nitrogens with zero attached hydrogens (tertiary/aromatic N) is 2. The highest BCUT2D eigenvalue weighted by Crippen LogP contribution is 2.43. The molecule has 2 saturated heterocycles. The maximum absolute atomic E-state index is 12.6. The number of carbonyl (C=O) groups excluding carboxylic acids is 2. The molecule has 2 fully saturated rings. The standard InChI is InChI=1S/C25H39N3O3/c1-4-18(5-2)16-27(25(31)17(3)29)11-12-28-22-9-10-23(28)15-21(14-22)19-7-6-8-20(13-19)24(26)30/h6-8,13,17-18,21-23,29H,4-5,9-12,14-16H2,1-3H3,(H2,26,30)/t17-,21?,22-,23+/m0/s1. The number of primary amides is 1. The van der Waals surface area contributed by atoms with Gasteiger partial charge in [0.05, 0.1) is 0 Å². The predicted octanol–water partition coefficient (Wildman–Crippen LogP) is 3.14. The van der Waals surface area contributed by atoms with Crippen molar-refractivity contribution >= 4 is 11.8 Å². The van der Waals surface area contributed by atoms with Crippen LogP contribution < -0.4 is 5.73 Å². The largest absolute Gasteiger partial charge is 0.384 e. The topological polar surface area (TPSA) is 86.9 Å². The summed E-state index contributed by atoms with van der Waals surface area (Å²) in [6, 6.07) is 8.81. The van der Waals surface area contributed by atoms with Crippen molar-refractivity contribution in [3.05, 3.63) is 35.4 Å². The number of aliphatic hydroxyl groups excluding tert-OH is 1. The summed E-state index contributed by atoms with van der Waals surface area (Å²) in [5, 5.41) is 9.89. The van der Waals surface area contributed by atoms with Crippen LogP contribution in [0.3, 0.4) is 0 Å². The lowest BCUT2D eigenvalue weighted by molar-refractivity contribution is -0.140. The van der Waals surface area contributed by atoms with Crippen LogP contribution in [0.1, 0.15) is 81.1 Å². The quantitative estimate of drug-likeness (QED) is 0.598. The number of benzene rings is 1. The lowest BCUT2D eigenvalue weighted by atomic mass is 9.84. The van der Waals surface area contributed by atoms with Gasteiger partial charge in [-0.15, -0.1) is 0 Å². The number of fused-ring (bicyclic) bond motifs is 2. The number of hydrogen-bond donors (Lipinski definition) is 2. The highest BCUT2D eigenvalue weighted by atomic mass is 16.3. The number of amides is 2. The van der Waals surface area contributed by atoms with Crippen LogP contribution >= 0.6 is 0 Å². The molecular weight excluding hydrogens is 390 g/mol. The first-order valence-electron chi connectivity index (χ1n) is 12.0. The van der Waals surface area contributed by atoms with Crippen LogP contribution in [0.4, 0.5) is 0 Å². The Balaban J connectivity index is 1.64. The van der Waals surface area contributed by atoms with Crippen LogP contribution in [0.25, 0.3) is 0 Å². The molecule has 3 N–H and O–H groups in total. The molecule has 4 atom stereocenters. The summed E-state index contributed by atoms with van der Waals surface area (Å²) in [4.78, 5) is 28.6. The number of piperidine rings is 1. The molecule has 2 amide bonds. The van der Waals surface area contributed by atoms with Gasteiger partial charge in [-0.3, -0.25) is 14.5 Å². The maximum Gasteiger partial charge on any atom is 0.251 e. The molecule has 0 aromatic heterocycles. The van der Waals surface area contributed by atoms with Crippen LogP contribution in [0.2, 0.25) is 0 Å². The first-order valence-corrected chi connectivity index (χ1v) is 12.0. The van der Waals surface area contributed by atoms with E-state index in [0.717, 1.165) is 38.8 Å². The van der Waals surface area contributed by atoms with E-state index < -0.39 is 6.10 Å². The van der Waals surface area contributed by atoms with E-state index in [1.54, 1.807) is 13.0 Å². The van der Waals surface area contributed by atoms with Gasteiger partial charge < -0.3 is 15.7 Å². The van der Waals surface area contributed by atoms with E-state index in [1.807, 2.05) is 17.0 Å². The van der Waals surface area contributed by atoms with E-state index in [2.05, 4.69) is 24.8 Å². The van der Waals surface area contributed by atoms with Crippen molar-refractivity contribution in [3.8, 4) is 0 Å². The minimum absolute atomic E-state index is 0.155. The van der Waals surface area contributed by atoms with E-state index in [1.165, 1.54) is 18.4 Å². The van der Waals surface area contributed by atoms with E-state index in [-0.39, 0.29) is 11.8 Å². The van der Waals surface area contributed by atoms with Gasteiger partial charge in [0.2, 0.25) is 5.91 Å². The maximum atomic E-state index is 12.6. The van der Waals surface area contributed by atoms with Crippen molar-refractivity contribution < 1.29 is 14.7 Å². The molecule has 0 saturated carbocycles. The zero-order valence-corrected chi connectivity index (χ0v) is 19.3. The van der Waals surface area contributed by atoms with Crippen molar-refractivity contribution in [2.24, 2.45) is 11.7 Å². The molecule has 1 unspecified atom stereocenters. The van der Waals surface area contributed by atoms with Crippen LogP contribution in [-0.4, -0.2) is 64.5 Å². The molecule has 31 heavy (non-hydrogen) atoms. The minimum atomic E-state index is -0.950. The lowest BCUT2D eigenvalue weighted by Gasteiger charge is -2.40. The summed E-state index contributed by atoms with van der Waals surface area (Å²) in [7, 11) is 0. The highest BCUT2D eigenvalue weighted by molar-refractivity contribution is 5.92. The molecule has 0 radical (unpaired) electrons. The van der Waals surface area contributed by atoms with Gasteiger partial charge in [-0.25, -0.2) is 0 Å². The summed E-state index contributed by atoms with van der Waals surface area (Å²) in [5.41, 5.74) is 7.27. The lowest BCUT2D eigenvalue weighted by Crippen LogP contribution is -2.49.